The highest BCUT2D eigenvalue weighted by molar-refractivity contribution is 5.43. The molecule has 0 radical (unpaired) electrons. The largest absolute Gasteiger partial charge is 0.493 e. The molecule has 1 saturated heterocycles. The second-order valence-electron chi connectivity index (χ2n) is 9.70. The third-order valence-corrected chi connectivity index (χ3v) is 7.20. The summed E-state index contributed by atoms with van der Waals surface area (Å²) in [4.78, 5) is 2.61. The van der Waals surface area contributed by atoms with Crippen LogP contribution in [0.4, 0.5) is 0 Å². The van der Waals surface area contributed by atoms with Crippen molar-refractivity contribution < 1.29 is 9.47 Å². The third kappa shape index (κ3) is 5.98. The fourth-order valence-corrected chi connectivity index (χ4v) is 5.49. The normalized spacial score (nSPS) is 16.1. The Bertz CT molecular complexity index is 1170. The van der Waals surface area contributed by atoms with Crippen LogP contribution in [0.5, 0.6) is 11.5 Å². The number of rotatable bonds is 9. The van der Waals surface area contributed by atoms with E-state index in [9.17, 15) is 0 Å². The van der Waals surface area contributed by atoms with E-state index >= 15 is 0 Å². The van der Waals surface area contributed by atoms with Gasteiger partial charge in [0.1, 0.15) is 6.61 Å². The van der Waals surface area contributed by atoms with Crippen molar-refractivity contribution in [1.29, 1.82) is 0 Å². The van der Waals surface area contributed by atoms with Crippen LogP contribution in [-0.2, 0) is 13.2 Å². The summed E-state index contributed by atoms with van der Waals surface area (Å²) in [7, 11) is 1.70. The van der Waals surface area contributed by atoms with Crippen LogP contribution in [-0.4, -0.2) is 25.1 Å². The molecule has 3 nitrogen and oxygen atoms in total. The Kier molecular flexibility index (Phi) is 7.99. The lowest BCUT2D eigenvalue weighted by Crippen LogP contribution is -2.37. The molecule has 1 aliphatic heterocycles. The van der Waals surface area contributed by atoms with E-state index in [1.54, 1.807) is 7.11 Å². The third-order valence-electron chi connectivity index (χ3n) is 7.20. The van der Waals surface area contributed by atoms with Gasteiger partial charge in [-0.15, -0.1) is 0 Å². The van der Waals surface area contributed by atoms with Crippen molar-refractivity contribution in [1.82, 2.24) is 4.90 Å². The molecule has 184 valence electrons. The Balaban J connectivity index is 1.31. The lowest BCUT2D eigenvalue weighted by atomic mass is 9.77. The van der Waals surface area contributed by atoms with Crippen molar-refractivity contribution in [3.05, 3.63) is 131 Å². The summed E-state index contributed by atoms with van der Waals surface area (Å²) in [6.07, 6.45) is 2.47. The van der Waals surface area contributed by atoms with Crippen LogP contribution < -0.4 is 9.47 Å². The van der Waals surface area contributed by atoms with Crippen LogP contribution >= 0.6 is 0 Å². The molecule has 0 saturated carbocycles. The fourth-order valence-electron chi connectivity index (χ4n) is 5.49. The van der Waals surface area contributed by atoms with Gasteiger partial charge in [0.2, 0.25) is 0 Å². The first-order chi connectivity index (χ1) is 17.8. The zero-order valence-corrected chi connectivity index (χ0v) is 21.1. The van der Waals surface area contributed by atoms with Crippen molar-refractivity contribution in [2.24, 2.45) is 5.92 Å². The molecule has 1 aliphatic rings. The number of methoxy groups -OCH3 is 1. The van der Waals surface area contributed by atoms with Gasteiger partial charge in [-0.3, -0.25) is 4.90 Å². The minimum Gasteiger partial charge on any atom is -0.493 e. The molecule has 1 fully saturated rings. The van der Waals surface area contributed by atoms with Crippen LogP contribution in [0, 0.1) is 5.92 Å². The van der Waals surface area contributed by atoms with Crippen molar-refractivity contribution in [3.8, 4) is 11.5 Å². The maximum absolute atomic E-state index is 6.18. The zero-order valence-electron chi connectivity index (χ0n) is 21.1. The van der Waals surface area contributed by atoms with E-state index in [4.69, 9.17) is 9.47 Å². The van der Waals surface area contributed by atoms with Gasteiger partial charge in [-0.05, 0) is 59.7 Å². The Morgan fingerprint density at radius 2 is 1.39 bits per heavy atom. The van der Waals surface area contributed by atoms with Gasteiger partial charge in [-0.1, -0.05) is 97.1 Å². The molecule has 5 rings (SSSR count). The molecule has 0 spiro atoms. The van der Waals surface area contributed by atoms with Gasteiger partial charge in [0.05, 0.1) is 7.11 Å². The monoisotopic (exact) mass is 477 g/mol. The first kappa shape index (κ1) is 24.1. The molecular weight excluding hydrogens is 442 g/mol. The molecule has 0 bridgehead atoms. The van der Waals surface area contributed by atoms with E-state index in [-0.39, 0.29) is 0 Å². The quantitative estimate of drug-likeness (QED) is 0.252. The molecule has 1 heterocycles. The Morgan fingerprint density at radius 3 is 2.03 bits per heavy atom. The fraction of sp³-hybridized carbons (Fsp3) is 0.273. The number of likely N-dealkylation sites (tertiary alicyclic amines) is 1. The molecule has 0 N–H and O–H groups in total. The van der Waals surface area contributed by atoms with Gasteiger partial charge < -0.3 is 9.47 Å². The molecular formula is C33H35NO2. The second kappa shape index (κ2) is 11.9. The molecule has 4 aromatic carbocycles. The van der Waals surface area contributed by atoms with Gasteiger partial charge in [-0.25, -0.2) is 0 Å². The zero-order chi connectivity index (χ0) is 24.6. The van der Waals surface area contributed by atoms with Crippen LogP contribution in [0.25, 0.3) is 0 Å². The summed E-state index contributed by atoms with van der Waals surface area (Å²) < 4.78 is 11.8. The molecule has 0 amide bonds. The first-order valence-corrected chi connectivity index (χ1v) is 13.0. The highest BCUT2D eigenvalue weighted by Gasteiger charge is 2.29. The predicted molar refractivity (Wildman–Crippen MR) is 146 cm³/mol. The average Bonchev–Trinajstić information content (AvgIpc) is 2.94. The summed E-state index contributed by atoms with van der Waals surface area (Å²) in [5.74, 6) is 2.57. The van der Waals surface area contributed by atoms with Crippen LogP contribution in [0.1, 0.15) is 41.0 Å². The number of nitrogens with zero attached hydrogens (tertiary/aromatic N) is 1. The van der Waals surface area contributed by atoms with Gasteiger partial charge in [-0.2, -0.15) is 0 Å². The maximum Gasteiger partial charge on any atom is 0.161 e. The van der Waals surface area contributed by atoms with E-state index in [1.807, 2.05) is 24.3 Å². The van der Waals surface area contributed by atoms with E-state index in [0.29, 0.717) is 18.4 Å². The first-order valence-electron chi connectivity index (χ1n) is 13.0. The number of hydrogen-bond acceptors (Lipinski definition) is 3. The summed E-state index contributed by atoms with van der Waals surface area (Å²) in [5, 5.41) is 0. The summed E-state index contributed by atoms with van der Waals surface area (Å²) in [6.45, 7) is 3.65. The van der Waals surface area contributed by atoms with Crippen LogP contribution in [0.15, 0.2) is 109 Å². The van der Waals surface area contributed by atoms with E-state index in [2.05, 4.69) is 89.8 Å². The molecule has 1 atom stereocenters. The highest BCUT2D eigenvalue weighted by atomic mass is 16.5. The van der Waals surface area contributed by atoms with Gasteiger partial charge >= 0.3 is 0 Å². The second-order valence-corrected chi connectivity index (χ2v) is 9.70. The van der Waals surface area contributed by atoms with Crippen LogP contribution in [0.3, 0.4) is 0 Å². The Labute approximate surface area is 215 Å². The van der Waals surface area contributed by atoms with Crippen molar-refractivity contribution in [2.75, 3.05) is 20.2 Å². The summed E-state index contributed by atoms with van der Waals surface area (Å²) in [6, 6.07) is 38.7. The molecule has 4 aromatic rings. The minimum atomic E-state index is 0.413. The van der Waals surface area contributed by atoms with Gasteiger partial charge in [0, 0.05) is 19.0 Å². The van der Waals surface area contributed by atoms with E-state index in [0.717, 1.165) is 36.7 Å². The molecule has 1 unspecified atom stereocenters. The number of piperidine rings is 1. The molecule has 36 heavy (non-hydrogen) atoms. The topological polar surface area (TPSA) is 21.7 Å². The van der Waals surface area contributed by atoms with Crippen molar-refractivity contribution in [2.45, 2.75) is 31.9 Å². The average molecular weight is 478 g/mol. The number of hydrogen-bond donors (Lipinski definition) is 0. The SMILES string of the molecule is COc1ccc(CN2CCCC(C(c3ccccc3)c3ccccc3)C2)cc1OCc1ccccc1. The summed E-state index contributed by atoms with van der Waals surface area (Å²) in [5.41, 5.74) is 5.24. The Morgan fingerprint density at radius 1 is 0.750 bits per heavy atom. The lowest BCUT2D eigenvalue weighted by Gasteiger charge is -2.37. The molecule has 0 aliphatic carbocycles. The Hall–Kier alpha value is -3.56. The van der Waals surface area contributed by atoms with E-state index < -0.39 is 0 Å². The van der Waals surface area contributed by atoms with Crippen molar-refractivity contribution >= 4 is 0 Å². The van der Waals surface area contributed by atoms with Crippen molar-refractivity contribution in [3.63, 3.8) is 0 Å². The molecule has 3 heteroatoms. The summed E-state index contributed by atoms with van der Waals surface area (Å²) >= 11 is 0. The van der Waals surface area contributed by atoms with E-state index in [1.165, 1.54) is 29.5 Å². The molecule has 0 aromatic heterocycles. The van der Waals surface area contributed by atoms with Crippen LogP contribution in [0.2, 0.25) is 0 Å². The maximum atomic E-state index is 6.18. The standard InChI is InChI=1S/C33H35NO2/c1-35-31-20-19-27(22-32(31)36-25-26-12-5-2-6-13-26)23-34-21-11-18-30(24-34)33(28-14-7-3-8-15-28)29-16-9-4-10-17-29/h2-10,12-17,19-20,22,30,33H,11,18,21,23-25H2,1H3. The number of ether oxygens (including phenoxy) is 2. The van der Waals surface area contributed by atoms with Gasteiger partial charge in [0.15, 0.2) is 11.5 Å². The predicted octanol–water partition coefficient (Wildman–Crippen LogP) is 7.32. The lowest BCUT2D eigenvalue weighted by molar-refractivity contribution is 0.157. The number of benzene rings is 4. The minimum absolute atomic E-state index is 0.413. The smallest absolute Gasteiger partial charge is 0.161 e. The highest BCUT2D eigenvalue weighted by Crippen LogP contribution is 2.38. The van der Waals surface area contributed by atoms with Gasteiger partial charge in [0.25, 0.3) is 0 Å².